The predicted octanol–water partition coefficient (Wildman–Crippen LogP) is 2.62. The highest BCUT2D eigenvalue weighted by atomic mass is 16.7. The average Bonchev–Trinajstić information content (AvgIpc) is 3.09. The number of hydrogen-bond donors (Lipinski definition) is 0. The molecule has 1 atom stereocenters. The number of likely N-dealkylation sites (tertiary alicyclic amines) is 1. The molecule has 1 amide bonds. The van der Waals surface area contributed by atoms with E-state index in [2.05, 4.69) is 19.1 Å². The van der Waals surface area contributed by atoms with Gasteiger partial charge in [-0.15, -0.1) is 0 Å². The normalized spacial score (nSPS) is 23.3. The monoisotopic (exact) mass is 301 g/mol. The Hall–Kier alpha value is -1.65. The van der Waals surface area contributed by atoms with Gasteiger partial charge in [-0.25, -0.2) is 0 Å². The number of carbonyl (C=O) groups is 1. The molecule has 4 heteroatoms. The quantitative estimate of drug-likeness (QED) is 0.806. The lowest BCUT2D eigenvalue weighted by Gasteiger charge is -2.34. The molecule has 2 fully saturated rings. The van der Waals surface area contributed by atoms with E-state index in [1.54, 1.807) is 6.08 Å². The highest BCUT2D eigenvalue weighted by molar-refractivity contribution is 5.91. The molecule has 118 valence electrons. The fourth-order valence-corrected chi connectivity index (χ4v) is 3.03. The summed E-state index contributed by atoms with van der Waals surface area (Å²) in [7, 11) is 0. The molecule has 2 aliphatic heterocycles. The number of carbonyl (C=O) groups excluding carboxylic acids is 1. The Morgan fingerprint density at radius 2 is 1.95 bits per heavy atom. The Balaban J connectivity index is 1.58. The van der Waals surface area contributed by atoms with Gasteiger partial charge < -0.3 is 14.4 Å². The molecule has 2 heterocycles. The maximum absolute atomic E-state index is 12.4. The van der Waals surface area contributed by atoms with Crippen LogP contribution in [0, 0.1) is 12.8 Å². The van der Waals surface area contributed by atoms with E-state index >= 15 is 0 Å². The zero-order chi connectivity index (χ0) is 15.4. The van der Waals surface area contributed by atoms with Crippen molar-refractivity contribution in [3.05, 3.63) is 41.5 Å². The summed E-state index contributed by atoms with van der Waals surface area (Å²) in [6, 6.07) is 8.16. The van der Waals surface area contributed by atoms with Crippen LogP contribution in [0.1, 0.15) is 24.0 Å². The first-order chi connectivity index (χ1) is 10.7. The molecule has 0 spiro atoms. The number of hydrogen-bond acceptors (Lipinski definition) is 3. The Morgan fingerprint density at radius 1 is 1.23 bits per heavy atom. The van der Waals surface area contributed by atoms with Gasteiger partial charge in [0.15, 0.2) is 6.29 Å². The summed E-state index contributed by atoms with van der Waals surface area (Å²) in [5, 5.41) is 0. The van der Waals surface area contributed by atoms with Crippen molar-refractivity contribution in [2.45, 2.75) is 26.1 Å². The Kier molecular flexibility index (Phi) is 4.90. The highest BCUT2D eigenvalue weighted by Crippen LogP contribution is 2.25. The van der Waals surface area contributed by atoms with Gasteiger partial charge in [-0.3, -0.25) is 4.79 Å². The first-order valence-corrected chi connectivity index (χ1v) is 7.99. The van der Waals surface area contributed by atoms with Crippen LogP contribution in [0.25, 0.3) is 6.08 Å². The van der Waals surface area contributed by atoms with E-state index in [0.29, 0.717) is 19.1 Å². The first kappa shape index (κ1) is 15.3. The van der Waals surface area contributed by atoms with Gasteiger partial charge >= 0.3 is 0 Å². The van der Waals surface area contributed by atoms with Gasteiger partial charge in [0.2, 0.25) is 5.91 Å². The van der Waals surface area contributed by atoms with Gasteiger partial charge in [0.05, 0.1) is 13.2 Å². The summed E-state index contributed by atoms with van der Waals surface area (Å²) in [6.45, 7) is 4.94. The van der Waals surface area contributed by atoms with E-state index in [9.17, 15) is 4.79 Å². The van der Waals surface area contributed by atoms with Crippen LogP contribution < -0.4 is 0 Å². The van der Waals surface area contributed by atoms with Crippen LogP contribution in [0.2, 0.25) is 0 Å². The van der Waals surface area contributed by atoms with Crippen LogP contribution in [-0.4, -0.2) is 43.4 Å². The van der Waals surface area contributed by atoms with Crippen LogP contribution in [0.4, 0.5) is 0 Å². The van der Waals surface area contributed by atoms with Crippen molar-refractivity contribution in [1.82, 2.24) is 4.90 Å². The lowest BCUT2D eigenvalue weighted by Crippen LogP contribution is -2.43. The van der Waals surface area contributed by atoms with Gasteiger partial charge in [-0.05, 0) is 31.4 Å². The molecular formula is C18H23NO3. The summed E-state index contributed by atoms with van der Waals surface area (Å²) in [4.78, 5) is 14.3. The van der Waals surface area contributed by atoms with Crippen LogP contribution >= 0.6 is 0 Å². The molecule has 0 aromatic heterocycles. The Morgan fingerprint density at radius 3 is 2.68 bits per heavy atom. The standard InChI is InChI=1S/C18H23NO3/c1-14-4-6-15(7-5-14)8-9-17(20)19-10-2-3-16(13-19)18-21-11-12-22-18/h4-9,16,18H,2-3,10-13H2,1H3/b9-8+. The van der Waals surface area contributed by atoms with Crippen molar-refractivity contribution >= 4 is 12.0 Å². The van der Waals surface area contributed by atoms with Gasteiger partial charge in [0.1, 0.15) is 0 Å². The third-order valence-corrected chi connectivity index (χ3v) is 4.30. The molecule has 22 heavy (non-hydrogen) atoms. The minimum absolute atomic E-state index is 0.0725. The highest BCUT2D eigenvalue weighted by Gasteiger charge is 2.32. The van der Waals surface area contributed by atoms with Crippen molar-refractivity contribution in [3.8, 4) is 0 Å². The lowest BCUT2D eigenvalue weighted by atomic mass is 9.97. The third-order valence-electron chi connectivity index (χ3n) is 4.30. The van der Waals surface area contributed by atoms with E-state index in [1.165, 1.54) is 5.56 Å². The molecule has 3 rings (SSSR count). The molecule has 2 saturated heterocycles. The fraction of sp³-hybridized carbons (Fsp3) is 0.500. The molecular weight excluding hydrogens is 278 g/mol. The van der Waals surface area contributed by atoms with Gasteiger partial charge in [0.25, 0.3) is 0 Å². The second-order valence-corrected chi connectivity index (χ2v) is 6.04. The van der Waals surface area contributed by atoms with Crippen LogP contribution in [-0.2, 0) is 14.3 Å². The van der Waals surface area contributed by atoms with Crippen molar-refractivity contribution in [2.24, 2.45) is 5.92 Å². The maximum atomic E-state index is 12.4. The molecule has 2 aliphatic rings. The lowest BCUT2D eigenvalue weighted by molar-refractivity contribution is -0.134. The number of amides is 1. The fourth-order valence-electron chi connectivity index (χ4n) is 3.03. The van der Waals surface area contributed by atoms with Crippen molar-refractivity contribution < 1.29 is 14.3 Å². The Bertz CT molecular complexity index is 532. The Labute approximate surface area is 131 Å². The predicted molar refractivity (Wildman–Crippen MR) is 85.2 cm³/mol. The number of rotatable bonds is 3. The molecule has 1 aromatic rings. The molecule has 0 saturated carbocycles. The third kappa shape index (κ3) is 3.76. The van der Waals surface area contributed by atoms with E-state index in [-0.39, 0.29) is 12.2 Å². The zero-order valence-corrected chi connectivity index (χ0v) is 13.0. The summed E-state index contributed by atoms with van der Waals surface area (Å²) in [5.41, 5.74) is 2.27. The van der Waals surface area contributed by atoms with Gasteiger partial charge in [-0.1, -0.05) is 29.8 Å². The molecule has 1 unspecified atom stereocenters. The largest absolute Gasteiger partial charge is 0.350 e. The van der Waals surface area contributed by atoms with Crippen LogP contribution in [0.15, 0.2) is 30.3 Å². The van der Waals surface area contributed by atoms with Crippen LogP contribution in [0.5, 0.6) is 0 Å². The molecule has 0 aliphatic carbocycles. The van der Waals surface area contributed by atoms with E-state index < -0.39 is 0 Å². The van der Waals surface area contributed by atoms with E-state index in [4.69, 9.17) is 9.47 Å². The van der Waals surface area contributed by atoms with Gasteiger partial charge in [-0.2, -0.15) is 0 Å². The summed E-state index contributed by atoms with van der Waals surface area (Å²) < 4.78 is 11.2. The summed E-state index contributed by atoms with van der Waals surface area (Å²) in [5.74, 6) is 0.372. The molecule has 0 N–H and O–H groups in total. The number of aryl methyl sites for hydroxylation is 1. The summed E-state index contributed by atoms with van der Waals surface area (Å²) >= 11 is 0. The van der Waals surface area contributed by atoms with Gasteiger partial charge in [0, 0.05) is 25.1 Å². The molecule has 1 aromatic carbocycles. The first-order valence-electron chi connectivity index (χ1n) is 7.99. The topological polar surface area (TPSA) is 38.8 Å². The second-order valence-electron chi connectivity index (χ2n) is 6.04. The second kappa shape index (κ2) is 7.07. The average molecular weight is 301 g/mol. The van der Waals surface area contributed by atoms with Crippen LogP contribution in [0.3, 0.4) is 0 Å². The number of ether oxygens (including phenoxy) is 2. The summed E-state index contributed by atoms with van der Waals surface area (Å²) in [6.07, 6.45) is 5.50. The number of nitrogens with zero attached hydrogens (tertiary/aromatic N) is 1. The van der Waals surface area contributed by atoms with Crippen molar-refractivity contribution in [3.63, 3.8) is 0 Å². The molecule has 0 radical (unpaired) electrons. The number of benzene rings is 1. The van der Waals surface area contributed by atoms with E-state index in [0.717, 1.165) is 31.5 Å². The molecule has 4 nitrogen and oxygen atoms in total. The number of piperidine rings is 1. The minimum Gasteiger partial charge on any atom is -0.350 e. The molecule has 0 bridgehead atoms. The maximum Gasteiger partial charge on any atom is 0.246 e. The minimum atomic E-state index is -0.128. The smallest absolute Gasteiger partial charge is 0.246 e. The van der Waals surface area contributed by atoms with E-state index in [1.807, 2.05) is 23.1 Å². The zero-order valence-electron chi connectivity index (χ0n) is 13.0. The van der Waals surface area contributed by atoms with Crippen molar-refractivity contribution in [1.29, 1.82) is 0 Å². The van der Waals surface area contributed by atoms with Crippen molar-refractivity contribution in [2.75, 3.05) is 26.3 Å². The SMILES string of the molecule is Cc1ccc(/C=C/C(=O)N2CCCC(C3OCCO3)C2)cc1.